The molecule has 0 bridgehead atoms. The van der Waals surface area contributed by atoms with Crippen LogP contribution in [0.2, 0.25) is 0 Å². The zero-order chi connectivity index (χ0) is 17.1. The maximum atomic E-state index is 13.5. The van der Waals surface area contributed by atoms with Gasteiger partial charge in [0.25, 0.3) is 0 Å². The fourth-order valence-electron chi connectivity index (χ4n) is 2.89. The third-order valence-electron chi connectivity index (χ3n) is 4.07. The molecule has 0 fully saturated rings. The number of halogens is 1. The van der Waals surface area contributed by atoms with Gasteiger partial charge in [-0.25, -0.2) is 4.39 Å². The van der Waals surface area contributed by atoms with Crippen LogP contribution in [0.5, 0.6) is 0 Å². The normalized spacial score (nSPS) is 16.4. The Bertz CT molecular complexity index is 772. The molecule has 2 aromatic rings. The molecule has 126 valence electrons. The van der Waals surface area contributed by atoms with E-state index in [0.717, 1.165) is 18.4 Å². The van der Waals surface area contributed by atoms with Gasteiger partial charge in [-0.2, -0.15) is 5.10 Å². The number of benzene rings is 1. The van der Waals surface area contributed by atoms with E-state index in [1.54, 1.807) is 10.9 Å². The number of rotatable bonds is 5. The van der Waals surface area contributed by atoms with Crippen molar-refractivity contribution in [3.63, 3.8) is 0 Å². The monoisotopic (exact) mass is 330 g/mol. The molecule has 7 heteroatoms. The van der Waals surface area contributed by atoms with Gasteiger partial charge in [-0.05, 0) is 42.2 Å². The highest BCUT2D eigenvalue weighted by Gasteiger charge is 2.30. The van der Waals surface area contributed by atoms with Gasteiger partial charge in [0, 0.05) is 31.9 Å². The summed E-state index contributed by atoms with van der Waals surface area (Å²) in [4.78, 5) is 24.2. The maximum Gasteiger partial charge on any atom is 0.228 e. The number of carbonyl (C=O) groups excluding carboxylic acids is 2. The summed E-state index contributed by atoms with van der Waals surface area (Å²) in [6, 6.07) is 4.08. The van der Waals surface area contributed by atoms with Crippen molar-refractivity contribution in [3.8, 4) is 0 Å². The van der Waals surface area contributed by atoms with Crippen molar-refractivity contribution in [1.29, 1.82) is 0 Å². The molecular weight excluding hydrogens is 311 g/mol. The molecule has 0 unspecified atom stereocenters. The third-order valence-corrected chi connectivity index (χ3v) is 4.07. The molecule has 2 amide bonds. The van der Waals surface area contributed by atoms with Gasteiger partial charge < -0.3 is 10.6 Å². The molecule has 0 aliphatic carbocycles. The van der Waals surface area contributed by atoms with Gasteiger partial charge in [0.15, 0.2) is 0 Å². The minimum Gasteiger partial charge on any atom is -0.356 e. The Balaban J connectivity index is 1.59. The average molecular weight is 330 g/mol. The largest absolute Gasteiger partial charge is 0.356 e. The predicted molar refractivity (Wildman–Crippen MR) is 86.9 cm³/mol. The van der Waals surface area contributed by atoms with E-state index in [4.69, 9.17) is 0 Å². The summed E-state index contributed by atoms with van der Waals surface area (Å²) in [5, 5.41) is 9.60. The van der Waals surface area contributed by atoms with Crippen molar-refractivity contribution >= 4 is 17.5 Å². The van der Waals surface area contributed by atoms with Gasteiger partial charge in [0.2, 0.25) is 11.8 Å². The highest BCUT2D eigenvalue weighted by Crippen LogP contribution is 2.32. The Hall–Kier alpha value is -2.70. The summed E-state index contributed by atoms with van der Waals surface area (Å²) >= 11 is 0. The second-order valence-corrected chi connectivity index (χ2v) is 5.95. The molecule has 3 rings (SSSR count). The molecule has 1 aromatic carbocycles. The molecule has 6 nitrogen and oxygen atoms in total. The van der Waals surface area contributed by atoms with Gasteiger partial charge in [-0.1, -0.05) is 0 Å². The van der Waals surface area contributed by atoms with E-state index in [0.29, 0.717) is 17.8 Å². The van der Waals surface area contributed by atoms with Crippen LogP contribution >= 0.6 is 0 Å². The minimum absolute atomic E-state index is 0.0326. The second-order valence-electron chi connectivity index (χ2n) is 5.95. The first-order valence-electron chi connectivity index (χ1n) is 7.87. The van der Waals surface area contributed by atoms with Crippen LogP contribution in [-0.2, 0) is 23.1 Å². The number of nitrogens with one attached hydrogen (secondary N) is 2. The van der Waals surface area contributed by atoms with Crippen LogP contribution in [0.1, 0.15) is 29.9 Å². The lowest BCUT2D eigenvalue weighted by atomic mass is 9.89. The number of nitrogens with zero attached hydrogens (tertiary/aromatic N) is 2. The van der Waals surface area contributed by atoms with Crippen molar-refractivity contribution in [2.75, 3.05) is 11.9 Å². The van der Waals surface area contributed by atoms with E-state index in [1.807, 2.05) is 13.2 Å². The number of carbonyl (C=O) groups is 2. The molecule has 24 heavy (non-hydrogen) atoms. The summed E-state index contributed by atoms with van der Waals surface area (Å²) in [7, 11) is 1.86. The van der Waals surface area contributed by atoms with Crippen molar-refractivity contribution in [2.24, 2.45) is 7.05 Å². The molecule has 1 aliphatic rings. The zero-order valence-electron chi connectivity index (χ0n) is 13.4. The lowest BCUT2D eigenvalue weighted by Gasteiger charge is -2.24. The van der Waals surface area contributed by atoms with Crippen LogP contribution < -0.4 is 10.6 Å². The molecule has 0 radical (unpaired) electrons. The molecule has 0 spiro atoms. The topological polar surface area (TPSA) is 76.0 Å². The Kier molecular flexibility index (Phi) is 4.59. The average Bonchev–Trinajstić information content (AvgIpc) is 2.96. The van der Waals surface area contributed by atoms with Crippen molar-refractivity contribution in [1.82, 2.24) is 15.1 Å². The first-order chi connectivity index (χ1) is 11.5. The van der Waals surface area contributed by atoms with Gasteiger partial charge in [0.1, 0.15) is 5.82 Å². The summed E-state index contributed by atoms with van der Waals surface area (Å²) in [6.45, 7) is 0.497. The summed E-state index contributed by atoms with van der Waals surface area (Å²) in [6.07, 6.45) is 5.35. The Morgan fingerprint density at radius 2 is 2.33 bits per heavy atom. The molecule has 1 aliphatic heterocycles. The summed E-state index contributed by atoms with van der Waals surface area (Å²) in [5.74, 6) is -1.55. The van der Waals surface area contributed by atoms with Crippen LogP contribution in [0, 0.1) is 5.82 Å². The molecule has 2 heterocycles. The first-order valence-corrected chi connectivity index (χ1v) is 7.87. The lowest BCUT2D eigenvalue weighted by Crippen LogP contribution is -2.35. The number of aryl methyl sites for hydroxylation is 2. The fourth-order valence-corrected chi connectivity index (χ4v) is 2.89. The number of hydrogen-bond donors (Lipinski definition) is 2. The molecule has 1 aromatic heterocycles. The summed E-state index contributed by atoms with van der Waals surface area (Å²) < 4.78 is 15.2. The van der Waals surface area contributed by atoms with Gasteiger partial charge >= 0.3 is 0 Å². The molecule has 2 N–H and O–H groups in total. The molecule has 1 atom stereocenters. The van der Waals surface area contributed by atoms with Crippen LogP contribution in [0.15, 0.2) is 30.6 Å². The fraction of sp³-hybridized carbons (Fsp3) is 0.353. The van der Waals surface area contributed by atoms with Crippen LogP contribution in [-0.4, -0.2) is 28.1 Å². The van der Waals surface area contributed by atoms with E-state index in [-0.39, 0.29) is 18.2 Å². The number of amides is 2. The van der Waals surface area contributed by atoms with Crippen LogP contribution in [0.4, 0.5) is 10.1 Å². The van der Waals surface area contributed by atoms with Crippen LogP contribution in [0.3, 0.4) is 0 Å². The maximum absolute atomic E-state index is 13.5. The lowest BCUT2D eigenvalue weighted by molar-refractivity contribution is -0.126. The molecule has 0 saturated carbocycles. The van der Waals surface area contributed by atoms with Gasteiger partial charge in [-0.3, -0.25) is 14.3 Å². The second kappa shape index (κ2) is 6.82. The van der Waals surface area contributed by atoms with Crippen molar-refractivity contribution in [3.05, 3.63) is 47.5 Å². The molecule has 0 saturated heterocycles. The van der Waals surface area contributed by atoms with E-state index in [9.17, 15) is 14.0 Å². The number of anilines is 1. The number of aromatic nitrogens is 2. The standard InChI is InChI=1S/C17H19FN4O2/c1-22-10-11(9-20-22)3-2-6-19-17(24)14-8-16(23)21-15-5-4-12(18)7-13(14)15/h4-5,7,9-10,14H,2-3,6,8H2,1H3,(H,19,24)(H,21,23)/t14-/m0/s1. The van der Waals surface area contributed by atoms with E-state index >= 15 is 0 Å². The predicted octanol–water partition coefficient (Wildman–Crippen LogP) is 1.73. The number of fused-ring (bicyclic) bond motifs is 1. The Morgan fingerprint density at radius 3 is 3.08 bits per heavy atom. The first kappa shape index (κ1) is 16.2. The van der Waals surface area contributed by atoms with Gasteiger partial charge in [-0.15, -0.1) is 0 Å². The van der Waals surface area contributed by atoms with E-state index in [1.165, 1.54) is 18.2 Å². The minimum atomic E-state index is -0.650. The Labute approximate surface area is 139 Å². The summed E-state index contributed by atoms with van der Waals surface area (Å²) in [5.41, 5.74) is 2.14. The number of hydrogen-bond acceptors (Lipinski definition) is 3. The highest BCUT2D eigenvalue weighted by atomic mass is 19.1. The van der Waals surface area contributed by atoms with Crippen molar-refractivity contribution < 1.29 is 14.0 Å². The van der Waals surface area contributed by atoms with E-state index < -0.39 is 11.7 Å². The smallest absolute Gasteiger partial charge is 0.228 e. The Morgan fingerprint density at radius 1 is 1.50 bits per heavy atom. The zero-order valence-corrected chi connectivity index (χ0v) is 13.4. The van der Waals surface area contributed by atoms with Crippen LogP contribution in [0.25, 0.3) is 0 Å². The highest BCUT2D eigenvalue weighted by molar-refractivity contribution is 6.01. The SMILES string of the molecule is Cn1cc(CCCNC(=O)[C@H]2CC(=O)Nc3ccc(F)cc32)cn1. The third kappa shape index (κ3) is 3.61. The van der Waals surface area contributed by atoms with Crippen molar-refractivity contribution in [2.45, 2.75) is 25.2 Å². The molecular formula is C17H19FN4O2. The van der Waals surface area contributed by atoms with Gasteiger partial charge in [0.05, 0.1) is 12.1 Å². The quantitative estimate of drug-likeness (QED) is 0.820. The van der Waals surface area contributed by atoms with E-state index in [2.05, 4.69) is 15.7 Å².